The Labute approximate surface area is 158 Å². The van der Waals surface area contributed by atoms with Gasteiger partial charge in [0.2, 0.25) is 0 Å². The van der Waals surface area contributed by atoms with Gasteiger partial charge in [0.1, 0.15) is 11.8 Å². The molecule has 27 heavy (non-hydrogen) atoms. The Morgan fingerprint density at radius 2 is 2.00 bits per heavy atom. The highest BCUT2D eigenvalue weighted by Gasteiger charge is 2.35. The minimum Gasteiger partial charge on any atom is -0.497 e. The third-order valence-corrected chi connectivity index (χ3v) is 5.31. The number of aryl methyl sites for hydroxylation is 1. The summed E-state index contributed by atoms with van der Waals surface area (Å²) in [6.07, 6.45) is 0.599. The number of fused-ring (bicyclic) bond motifs is 3. The molecule has 1 aliphatic heterocycles. The molecule has 1 N–H and O–H groups in total. The van der Waals surface area contributed by atoms with Crippen LogP contribution in [0.3, 0.4) is 0 Å². The smallest absolute Gasteiger partial charge is 0.323 e. The quantitative estimate of drug-likeness (QED) is 0.722. The molecule has 0 amide bonds. The molecule has 3 aromatic rings. The summed E-state index contributed by atoms with van der Waals surface area (Å²) in [6.45, 7) is 2.22. The maximum absolute atomic E-state index is 12.5. The molecule has 1 unspecified atom stereocenters. The molecule has 5 nitrogen and oxygen atoms in total. The number of hydrogen-bond donors (Lipinski definition) is 1. The molecule has 2 aromatic carbocycles. The van der Waals surface area contributed by atoms with E-state index in [9.17, 15) is 4.79 Å². The third-order valence-electron chi connectivity index (χ3n) is 5.31. The molecular formula is C22H24N2O3. The van der Waals surface area contributed by atoms with E-state index in [1.165, 1.54) is 11.3 Å². The van der Waals surface area contributed by atoms with Crippen LogP contribution in [0.15, 0.2) is 48.5 Å². The number of esters is 1. The molecule has 0 spiro atoms. The lowest BCUT2D eigenvalue weighted by Gasteiger charge is -2.31. The Hall–Kier alpha value is -2.79. The molecule has 2 heterocycles. The predicted octanol–water partition coefficient (Wildman–Crippen LogP) is 3.35. The number of rotatable bonds is 4. The van der Waals surface area contributed by atoms with Crippen LogP contribution in [0.1, 0.15) is 29.8 Å². The first-order valence-corrected chi connectivity index (χ1v) is 9.26. The Morgan fingerprint density at radius 1 is 1.22 bits per heavy atom. The highest BCUT2D eigenvalue weighted by atomic mass is 16.5. The number of carbonyl (C=O) groups excluding carboxylic acids is 1. The number of nitrogens with one attached hydrogen (secondary N) is 1. The van der Waals surface area contributed by atoms with Crippen LogP contribution in [0.2, 0.25) is 0 Å². The fourth-order valence-corrected chi connectivity index (χ4v) is 4.07. The van der Waals surface area contributed by atoms with E-state index in [-0.39, 0.29) is 18.1 Å². The lowest BCUT2D eigenvalue weighted by atomic mass is 9.90. The van der Waals surface area contributed by atoms with E-state index in [1.54, 1.807) is 7.11 Å². The van der Waals surface area contributed by atoms with E-state index in [2.05, 4.69) is 41.2 Å². The number of ether oxygens (including phenoxy) is 2. The van der Waals surface area contributed by atoms with Crippen molar-refractivity contribution in [1.29, 1.82) is 0 Å². The summed E-state index contributed by atoms with van der Waals surface area (Å²) in [5.74, 6) is 0.613. The van der Waals surface area contributed by atoms with Crippen LogP contribution in [0.4, 0.5) is 0 Å². The largest absolute Gasteiger partial charge is 0.497 e. The maximum atomic E-state index is 12.5. The summed E-state index contributed by atoms with van der Waals surface area (Å²) < 4.78 is 13.0. The Bertz CT molecular complexity index is 978. The van der Waals surface area contributed by atoms with E-state index >= 15 is 0 Å². The van der Waals surface area contributed by atoms with E-state index < -0.39 is 0 Å². The van der Waals surface area contributed by atoms with Gasteiger partial charge in [0, 0.05) is 30.1 Å². The van der Waals surface area contributed by atoms with Gasteiger partial charge < -0.3 is 14.0 Å². The second kappa shape index (κ2) is 7.08. The molecular weight excluding hydrogens is 340 g/mol. The molecule has 0 aliphatic carbocycles. The van der Waals surface area contributed by atoms with E-state index in [4.69, 9.17) is 9.47 Å². The second-order valence-corrected chi connectivity index (χ2v) is 6.83. The topological polar surface area (TPSA) is 52.5 Å². The number of aromatic nitrogens is 1. The first-order valence-electron chi connectivity index (χ1n) is 9.26. The lowest BCUT2D eigenvalue weighted by Crippen LogP contribution is -2.46. The average molecular weight is 364 g/mol. The van der Waals surface area contributed by atoms with Gasteiger partial charge in [-0.25, -0.2) is 0 Å². The zero-order valence-electron chi connectivity index (χ0n) is 15.9. The molecule has 0 bridgehead atoms. The van der Waals surface area contributed by atoms with Crippen molar-refractivity contribution >= 4 is 16.9 Å². The standard InChI is InChI=1S/C22H24N2O3/c1-4-27-22(25)18-13-17-16-12-15(26-3)10-11-19(16)24(2)21(17)20(23-18)14-8-6-5-7-9-14/h5-12,18,20,23H,4,13H2,1-3H3/t18-,20?/m1/s1. The molecule has 0 saturated carbocycles. The van der Waals surface area contributed by atoms with Gasteiger partial charge in [-0.1, -0.05) is 30.3 Å². The van der Waals surface area contributed by atoms with Crippen LogP contribution in [-0.2, 0) is 23.0 Å². The summed E-state index contributed by atoms with van der Waals surface area (Å²) in [4.78, 5) is 12.5. The minimum absolute atomic E-state index is 0.0762. The minimum atomic E-state index is -0.376. The molecule has 2 atom stereocenters. The maximum Gasteiger partial charge on any atom is 0.323 e. The van der Waals surface area contributed by atoms with Crippen LogP contribution in [-0.4, -0.2) is 30.3 Å². The Morgan fingerprint density at radius 3 is 2.70 bits per heavy atom. The van der Waals surface area contributed by atoms with Gasteiger partial charge in [-0.15, -0.1) is 0 Å². The van der Waals surface area contributed by atoms with Crippen molar-refractivity contribution in [1.82, 2.24) is 9.88 Å². The number of methoxy groups -OCH3 is 1. The number of benzene rings is 2. The summed E-state index contributed by atoms with van der Waals surface area (Å²) >= 11 is 0. The van der Waals surface area contributed by atoms with E-state index in [0.717, 1.165) is 22.2 Å². The van der Waals surface area contributed by atoms with Crippen molar-refractivity contribution in [2.45, 2.75) is 25.4 Å². The van der Waals surface area contributed by atoms with Gasteiger partial charge in [-0.3, -0.25) is 10.1 Å². The fraction of sp³-hybridized carbons (Fsp3) is 0.318. The zero-order chi connectivity index (χ0) is 19.0. The lowest BCUT2D eigenvalue weighted by molar-refractivity contribution is -0.146. The van der Waals surface area contributed by atoms with E-state index in [0.29, 0.717) is 13.0 Å². The molecule has 0 radical (unpaired) electrons. The molecule has 5 heteroatoms. The average Bonchev–Trinajstić information content (AvgIpc) is 3.00. The molecule has 0 saturated heterocycles. The monoisotopic (exact) mass is 364 g/mol. The number of nitrogens with zero attached hydrogens (tertiary/aromatic N) is 1. The Kier molecular flexibility index (Phi) is 4.62. The first-order chi connectivity index (χ1) is 13.1. The van der Waals surface area contributed by atoms with Crippen molar-refractivity contribution in [2.75, 3.05) is 13.7 Å². The van der Waals surface area contributed by atoms with Gasteiger partial charge in [0.15, 0.2) is 0 Å². The van der Waals surface area contributed by atoms with Gasteiger partial charge in [0.25, 0.3) is 0 Å². The van der Waals surface area contributed by atoms with Crippen molar-refractivity contribution in [3.8, 4) is 5.75 Å². The normalized spacial score (nSPS) is 18.9. The molecule has 0 fully saturated rings. The fourth-order valence-electron chi connectivity index (χ4n) is 4.07. The second-order valence-electron chi connectivity index (χ2n) is 6.83. The van der Waals surface area contributed by atoms with Gasteiger partial charge >= 0.3 is 5.97 Å². The highest BCUT2D eigenvalue weighted by Crippen LogP contribution is 2.38. The van der Waals surface area contributed by atoms with Gasteiger partial charge in [-0.05, 0) is 36.2 Å². The zero-order valence-corrected chi connectivity index (χ0v) is 15.9. The predicted molar refractivity (Wildman–Crippen MR) is 105 cm³/mol. The van der Waals surface area contributed by atoms with Crippen LogP contribution < -0.4 is 10.1 Å². The molecule has 140 valence electrons. The third kappa shape index (κ3) is 2.98. The first kappa shape index (κ1) is 17.6. The van der Waals surface area contributed by atoms with Crippen LogP contribution >= 0.6 is 0 Å². The number of carbonyl (C=O) groups is 1. The van der Waals surface area contributed by atoms with E-state index in [1.807, 2.05) is 31.2 Å². The summed E-state index contributed by atoms with van der Waals surface area (Å²) in [6, 6.07) is 15.9. The number of hydrogen-bond acceptors (Lipinski definition) is 4. The van der Waals surface area contributed by atoms with Crippen molar-refractivity contribution in [3.05, 3.63) is 65.4 Å². The highest BCUT2D eigenvalue weighted by molar-refractivity contribution is 5.89. The summed E-state index contributed by atoms with van der Waals surface area (Å²) in [5, 5.41) is 4.64. The molecule has 1 aromatic heterocycles. The summed E-state index contributed by atoms with van der Waals surface area (Å²) in [5.41, 5.74) is 4.63. The van der Waals surface area contributed by atoms with Crippen molar-refractivity contribution < 1.29 is 14.3 Å². The van der Waals surface area contributed by atoms with Gasteiger partial charge in [0.05, 0.1) is 19.8 Å². The molecule has 1 aliphatic rings. The Balaban J connectivity index is 1.90. The van der Waals surface area contributed by atoms with Crippen LogP contribution in [0, 0.1) is 0 Å². The van der Waals surface area contributed by atoms with Crippen molar-refractivity contribution in [2.24, 2.45) is 7.05 Å². The van der Waals surface area contributed by atoms with Crippen molar-refractivity contribution in [3.63, 3.8) is 0 Å². The molecule has 4 rings (SSSR count). The van der Waals surface area contributed by atoms with Crippen LogP contribution in [0.5, 0.6) is 5.75 Å². The SMILES string of the molecule is CCOC(=O)[C@H]1Cc2c(n(C)c3ccc(OC)cc23)C(c2ccccc2)N1. The van der Waals surface area contributed by atoms with Gasteiger partial charge in [-0.2, -0.15) is 0 Å². The van der Waals surface area contributed by atoms with Crippen LogP contribution in [0.25, 0.3) is 10.9 Å². The summed E-state index contributed by atoms with van der Waals surface area (Å²) in [7, 11) is 3.75.